The molecule has 4 rings (SSSR count). The number of pyridine rings is 1. The molecule has 1 aromatic rings. The number of aromatic nitrogens is 1. The first-order valence-corrected chi connectivity index (χ1v) is 10.2. The van der Waals surface area contributed by atoms with Crippen molar-refractivity contribution in [2.75, 3.05) is 6.61 Å². The zero-order chi connectivity index (χ0) is 21.5. The second kappa shape index (κ2) is 8.19. The van der Waals surface area contributed by atoms with Crippen LogP contribution >= 0.6 is 0 Å². The Morgan fingerprint density at radius 3 is 2.40 bits per heavy atom. The van der Waals surface area contributed by atoms with E-state index in [2.05, 4.69) is 4.98 Å². The molecule has 3 fully saturated rings. The van der Waals surface area contributed by atoms with Crippen molar-refractivity contribution in [3.05, 3.63) is 29.1 Å². The molecule has 1 saturated heterocycles. The third-order valence-electron chi connectivity index (χ3n) is 6.14. The maximum atomic E-state index is 13.2. The number of nitrogens with zero attached hydrogens (tertiary/aromatic N) is 1. The van der Waals surface area contributed by atoms with Gasteiger partial charge in [0.2, 0.25) is 0 Å². The van der Waals surface area contributed by atoms with Crippen LogP contribution in [0.3, 0.4) is 0 Å². The van der Waals surface area contributed by atoms with Gasteiger partial charge >= 0.3 is 6.18 Å². The monoisotopic (exact) mass is 425 g/mol. The van der Waals surface area contributed by atoms with Gasteiger partial charge in [-0.1, -0.05) is 0 Å². The molecule has 0 amide bonds. The van der Waals surface area contributed by atoms with Crippen LogP contribution < -0.4 is 0 Å². The average Bonchev–Trinajstić information content (AvgIpc) is 3.18. The van der Waals surface area contributed by atoms with Crippen molar-refractivity contribution in [2.45, 2.75) is 57.6 Å². The molecule has 9 heteroatoms. The zero-order valence-electron chi connectivity index (χ0n) is 16.2. The molecular weight excluding hydrogens is 403 g/mol. The summed E-state index contributed by atoms with van der Waals surface area (Å²) in [6, 6.07) is 1.69. The largest absolute Gasteiger partial charge is 0.433 e. The summed E-state index contributed by atoms with van der Waals surface area (Å²) in [5.41, 5.74) is -1.57. The number of ketones is 3. The van der Waals surface area contributed by atoms with E-state index >= 15 is 0 Å². The predicted molar refractivity (Wildman–Crippen MR) is 96.3 cm³/mol. The lowest BCUT2D eigenvalue weighted by Crippen LogP contribution is -2.42. The number of rotatable bonds is 5. The summed E-state index contributed by atoms with van der Waals surface area (Å²) in [5.74, 6) is -3.77. The molecule has 30 heavy (non-hydrogen) atoms. The third-order valence-corrected chi connectivity index (χ3v) is 6.14. The number of ether oxygens (including phenoxy) is 2. The van der Waals surface area contributed by atoms with Gasteiger partial charge in [0.05, 0.1) is 12.3 Å². The van der Waals surface area contributed by atoms with Crippen LogP contribution in [0.15, 0.2) is 12.1 Å². The molecule has 2 heterocycles. The van der Waals surface area contributed by atoms with Crippen molar-refractivity contribution >= 4 is 17.3 Å². The Morgan fingerprint density at radius 1 is 1.10 bits per heavy atom. The van der Waals surface area contributed by atoms with Crippen LogP contribution in [0.4, 0.5) is 13.2 Å². The molecule has 2 bridgehead atoms. The zero-order valence-corrected chi connectivity index (χ0v) is 16.2. The first kappa shape index (κ1) is 21.1. The number of fused-ring (bicyclic) bond motifs is 2. The van der Waals surface area contributed by atoms with Crippen molar-refractivity contribution in [1.82, 2.24) is 4.98 Å². The van der Waals surface area contributed by atoms with Gasteiger partial charge in [-0.05, 0) is 50.7 Å². The first-order valence-electron chi connectivity index (χ1n) is 10.2. The van der Waals surface area contributed by atoms with Crippen LogP contribution in [0.2, 0.25) is 0 Å². The molecule has 2 aliphatic carbocycles. The van der Waals surface area contributed by atoms with Gasteiger partial charge in [-0.3, -0.25) is 14.4 Å². The van der Waals surface area contributed by atoms with E-state index in [-0.39, 0.29) is 29.7 Å². The molecule has 0 radical (unpaired) electrons. The van der Waals surface area contributed by atoms with Gasteiger partial charge in [0.15, 0.2) is 23.6 Å². The Balaban J connectivity index is 1.63. The minimum atomic E-state index is -4.70. The van der Waals surface area contributed by atoms with Crippen LogP contribution in [-0.2, 0) is 31.8 Å². The van der Waals surface area contributed by atoms with Crippen LogP contribution in [0.1, 0.15) is 60.3 Å². The smallest absolute Gasteiger partial charge is 0.353 e. The Kier molecular flexibility index (Phi) is 5.76. The number of hydrogen-bond acceptors (Lipinski definition) is 6. The van der Waals surface area contributed by atoms with E-state index in [0.717, 1.165) is 18.9 Å². The van der Waals surface area contributed by atoms with E-state index < -0.39 is 41.4 Å². The molecule has 162 valence electrons. The highest BCUT2D eigenvalue weighted by molar-refractivity contribution is 6.26. The van der Waals surface area contributed by atoms with Gasteiger partial charge in [-0.25, -0.2) is 4.98 Å². The van der Waals surface area contributed by atoms with Crippen LogP contribution in [-0.4, -0.2) is 35.2 Å². The summed E-state index contributed by atoms with van der Waals surface area (Å²) in [7, 11) is 0. The summed E-state index contributed by atoms with van der Waals surface area (Å²) in [6.45, 7) is 0.109. The topological polar surface area (TPSA) is 82.6 Å². The molecule has 0 aromatic carbocycles. The summed E-state index contributed by atoms with van der Waals surface area (Å²) in [4.78, 5) is 42.0. The Hall–Kier alpha value is -2.13. The summed E-state index contributed by atoms with van der Waals surface area (Å²) in [6.07, 6.45) is -1.37. The normalized spacial score (nSPS) is 29.3. The summed E-state index contributed by atoms with van der Waals surface area (Å²) in [5, 5.41) is 0. The van der Waals surface area contributed by atoms with Crippen molar-refractivity contribution in [1.29, 1.82) is 0 Å². The number of alkyl halides is 3. The van der Waals surface area contributed by atoms with Crippen LogP contribution in [0, 0.1) is 17.8 Å². The van der Waals surface area contributed by atoms with Crippen molar-refractivity contribution in [2.24, 2.45) is 17.8 Å². The SMILES string of the molecule is O=C(c1ccc(C(F)(F)F)nc1COC1CCCCO1)C1C(=O)C2CCC(C2)C1=O. The van der Waals surface area contributed by atoms with Crippen LogP contribution in [0.5, 0.6) is 0 Å². The summed E-state index contributed by atoms with van der Waals surface area (Å²) < 4.78 is 50.5. The number of carbonyl (C=O) groups is 3. The second-order valence-electron chi connectivity index (χ2n) is 8.10. The first-order chi connectivity index (χ1) is 14.3. The van der Waals surface area contributed by atoms with Gasteiger partial charge in [0, 0.05) is 24.0 Å². The molecule has 2 saturated carbocycles. The van der Waals surface area contributed by atoms with Gasteiger partial charge in [0.25, 0.3) is 0 Å². The number of carbonyl (C=O) groups excluding carboxylic acids is 3. The van der Waals surface area contributed by atoms with Crippen molar-refractivity contribution in [3.63, 3.8) is 0 Å². The maximum absolute atomic E-state index is 13.2. The highest BCUT2D eigenvalue weighted by Crippen LogP contribution is 2.41. The molecule has 3 aliphatic rings. The van der Waals surface area contributed by atoms with Crippen molar-refractivity contribution < 1.29 is 37.0 Å². The minimum Gasteiger partial charge on any atom is -0.353 e. The van der Waals surface area contributed by atoms with Gasteiger partial charge in [0.1, 0.15) is 11.6 Å². The highest BCUT2D eigenvalue weighted by atomic mass is 19.4. The molecule has 1 aromatic heterocycles. The third kappa shape index (κ3) is 4.05. The Labute approximate surface area is 171 Å². The standard InChI is InChI=1S/C21H22F3NO5/c22-21(23,24)15-7-6-13(14(25-15)10-30-16-3-1-2-8-29-16)20(28)17-18(26)11-4-5-12(9-11)19(17)27/h6-7,11-12,16-17H,1-5,8-10H2. The minimum absolute atomic E-state index is 0.174. The Bertz CT molecular complexity index is 841. The van der Waals surface area contributed by atoms with Gasteiger partial charge < -0.3 is 9.47 Å². The fourth-order valence-corrected chi connectivity index (χ4v) is 4.53. The number of halogens is 3. The maximum Gasteiger partial charge on any atom is 0.433 e. The van der Waals surface area contributed by atoms with Crippen molar-refractivity contribution in [3.8, 4) is 0 Å². The van der Waals surface area contributed by atoms with E-state index in [1.807, 2.05) is 0 Å². The number of Topliss-reactive ketones (excluding diaryl/α,β-unsaturated/α-hetero) is 3. The molecule has 0 spiro atoms. The van der Waals surface area contributed by atoms with E-state index in [1.165, 1.54) is 0 Å². The molecular formula is C21H22F3NO5. The molecule has 0 N–H and O–H groups in total. The van der Waals surface area contributed by atoms with Crippen LogP contribution in [0.25, 0.3) is 0 Å². The molecule has 3 unspecified atom stereocenters. The van der Waals surface area contributed by atoms with E-state index in [9.17, 15) is 27.6 Å². The van der Waals surface area contributed by atoms with Gasteiger partial charge in [-0.2, -0.15) is 13.2 Å². The average molecular weight is 425 g/mol. The highest BCUT2D eigenvalue weighted by Gasteiger charge is 2.50. The molecule has 1 aliphatic heterocycles. The fourth-order valence-electron chi connectivity index (χ4n) is 4.53. The van der Waals surface area contributed by atoms with E-state index in [4.69, 9.17) is 9.47 Å². The molecule has 6 nitrogen and oxygen atoms in total. The summed E-state index contributed by atoms with van der Waals surface area (Å²) >= 11 is 0. The predicted octanol–water partition coefficient (Wildman–Crippen LogP) is 3.51. The number of hydrogen-bond donors (Lipinski definition) is 0. The lowest BCUT2D eigenvalue weighted by atomic mass is 9.75. The van der Waals surface area contributed by atoms with E-state index in [0.29, 0.717) is 38.4 Å². The fraction of sp³-hybridized carbons (Fsp3) is 0.619. The lowest BCUT2D eigenvalue weighted by molar-refractivity contribution is -0.170. The molecule has 3 atom stereocenters. The second-order valence-corrected chi connectivity index (χ2v) is 8.10. The quantitative estimate of drug-likeness (QED) is 0.530. The lowest BCUT2D eigenvalue weighted by Gasteiger charge is -2.25. The Morgan fingerprint density at radius 2 is 1.80 bits per heavy atom. The van der Waals surface area contributed by atoms with Gasteiger partial charge in [-0.15, -0.1) is 0 Å². The van der Waals surface area contributed by atoms with E-state index in [1.54, 1.807) is 0 Å².